The maximum Gasteiger partial charge on any atom is 0.220 e. The summed E-state index contributed by atoms with van der Waals surface area (Å²) in [6.45, 7) is 10.2. The maximum absolute atomic E-state index is 11.7. The van der Waals surface area contributed by atoms with Crippen LogP contribution < -0.4 is 10.6 Å². The number of likely N-dealkylation sites (tertiary alicyclic amines) is 1. The van der Waals surface area contributed by atoms with E-state index in [2.05, 4.69) is 69.6 Å². The molecule has 0 aliphatic carbocycles. The summed E-state index contributed by atoms with van der Waals surface area (Å²) < 4.78 is 0. The van der Waals surface area contributed by atoms with Gasteiger partial charge in [0, 0.05) is 71.9 Å². The zero-order valence-corrected chi connectivity index (χ0v) is 20.2. The molecule has 1 aromatic rings. The molecule has 7 heteroatoms. The third-order valence-electron chi connectivity index (χ3n) is 6.75. The fourth-order valence-corrected chi connectivity index (χ4v) is 4.81. The first-order valence-corrected chi connectivity index (χ1v) is 12.3. The van der Waals surface area contributed by atoms with E-state index in [1.165, 1.54) is 5.56 Å². The lowest BCUT2D eigenvalue weighted by molar-refractivity contribution is -0.121. The van der Waals surface area contributed by atoms with E-state index in [4.69, 9.17) is 4.99 Å². The van der Waals surface area contributed by atoms with Crippen molar-refractivity contribution < 1.29 is 4.79 Å². The Morgan fingerprint density at radius 1 is 1.12 bits per heavy atom. The molecule has 0 aromatic heterocycles. The van der Waals surface area contributed by atoms with E-state index < -0.39 is 0 Å². The van der Waals surface area contributed by atoms with Gasteiger partial charge in [-0.2, -0.15) is 0 Å². The summed E-state index contributed by atoms with van der Waals surface area (Å²) in [5.74, 6) is 1.67. The predicted octanol–water partition coefficient (Wildman–Crippen LogP) is 2.18. The van der Waals surface area contributed by atoms with Crippen LogP contribution >= 0.6 is 0 Å². The number of benzene rings is 1. The number of amides is 1. The molecule has 2 N–H and O–H groups in total. The van der Waals surface area contributed by atoms with Gasteiger partial charge in [-0.05, 0) is 44.7 Å². The molecule has 0 spiro atoms. The van der Waals surface area contributed by atoms with Crippen LogP contribution in [0.1, 0.15) is 44.2 Å². The van der Waals surface area contributed by atoms with Crippen LogP contribution in [0.4, 0.5) is 0 Å². The van der Waals surface area contributed by atoms with Crippen molar-refractivity contribution in [2.45, 2.75) is 38.6 Å². The molecule has 0 radical (unpaired) electrons. The Kier molecular flexibility index (Phi) is 9.81. The molecule has 32 heavy (non-hydrogen) atoms. The second-order valence-electron chi connectivity index (χ2n) is 9.12. The first-order chi connectivity index (χ1) is 15.6. The van der Waals surface area contributed by atoms with E-state index in [1.807, 2.05) is 0 Å². The van der Waals surface area contributed by atoms with E-state index in [0.29, 0.717) is 18.4 Å². The SMILES string of the molecule is CCNC(=NCCCN1CCN(C)CC1c1ccccc1)N1CCC(CC(=O)NC)CC1. The largest absolute Gasteiger partial charge is 0.359 e. The quantitative estimate of drug-likeness (QED) is 0.367. The van der Waals surface area contributed by atoms with Gasteiger partial charge in [0.1, 0.15) is 0 Å². The number of aliphatic imine (C=N–C) groups is 1. The van der Waals surface area contributed by atoms with E-state index in [9.17, 15) is 4.79 Å². The number of rotatable bonds is 8. The molecule has 2 aliphatic rings. The topological polar surface area (TPSA) is 63.2 Å². The van der Waals surface area contributed by atoms with E-state index >= 15 is 0 Å². The number of likely N-dealkylation sites (N-methyl/N-ethyl adjacent to an activating group) is 1. The first kappa shape index (κ1) is 24.5. The fourth-order valence-electron chi connectivity index (χ4n) is 4.81. The molecule has 1 amide bonds. The highest BCUT2D eigenvalue weighted by Crippen LogP contribution is 2.25. The number of carbonyl (C=O) groups excluding carboxylic acids is 1. The minimum atomic E-state index is 0.154. The third-order valence-corrected chi connectivity index (χ3v) is 6.75. The van der Waals surface area contributed by atoms with Crippen molar-refractivity contribution in [1.29, 1.82) is 0 Å². The van der Waals surface area contributed by atoms with Crippen molar-refractivity contribution in [2.75, 3.05) is 66.5 Å². The van der Waals surface area contributed by atoms with Crippen molar-refractivity contribution in [1.82, 2.24) is 25.3 Å². The van der Waals surface area contributed by atoms with Crippen LogP contribution in [0.5, 0.6) is 0 Å². The standard InChI is InChI=1S/C25H42N6O/c1-4-27-25(31-15-11-21(12-16-31)19-24(32)26-2)28-13-8-14-30-18-17-29(3)20-23(30)22-9-6-5-7-10-22/h5-7,9-10,21,23H,4,8,11-20H2,1-3H3,(H,26,32)(H,27,28). The van der Waals surface area contributed by atoms with Crippen LogP contribution in [0.15, 0.2) is 35.3 Å². The van der Waals surface area contributed by atoms with E-state index in [1.54, 1.807) is 7.05 Å². The van der Waals surface area contributed by atoms with Crippen LogP contribution in [0.3, 0.4) is 0 Å². The Hall–Kier alpha value is -2.12. The molecule has 1 unspecified atom stereocenters. The molecule has 0 saturated carbocycles. The number of hydrogen-bond acceptors (Lipinski definition) is 4. The minimum Gasteiger partial charge on any atom is -0.359 e. The Bertz CT molecular complexity index is 716. The molecule has 0 bridgehead atoms. The van der Waals surface area contributed by atoms with Crippen LogP contribution in [0.25, 0.3) is 0 Å². The second-order valence-corrected chi connectivity index (χ2v) is 9.12. The van der Waals surface area contributed by atoms with E-state index in [-0.39, 0.29) is 5.91 Å². The van der Waals surface area contributed by atoms with Crippen molar-refractivity contribution >= 4 is 11.9 Å². The Balaban J connectivity index is 1.50. The number of piperazine rings is 1. The second kappa shape index (κ2) is 12.8. The number of hydrogen-bond donors (Lipinski definition) is 2. The Morgan fingerprint density at radius 3 is 2.56 bits per heavy atom. The Morgan fingerprint density at radius 2 is 1.88 bits per heavy atom. The summed E-state index contributed by atoms with van der Waals surface area (Å²) >= 11 is 0. The lowest BCUT2D eigenvalue weighted by Crippen LogP contribution is -2.47. The summed E-state index contributed by atoms with van der Waals surface area (Å²) in [7, 11) is 3.94. The number of guanidine groups is 1. The predicted molar refractivity (Wildman–Crippen MR) is 132 cm³/mol. The zero-order chi connectivity index (χ0) is 22.8. The molecule has 1 aromatic carbocycles. The highest BCUT2D eigenvalue weighted by Gasteiger charge is 2.26. The van der Waals surface area contributed by atoms with E-state index in [0.717, 1.165) is 77.6 Å². The molecular formula is C25H42N6O. The molecule has 3 rings (SSSR count). The summed E-state index contributed by atoms with van der Waals surface area (Å²) in [6.07, 6.45) is 3.82. The van der Waals surface area contributed by atoms with Crippen LogP contribution in [0.2, 0.25) is 0 Å². The van der Waals surface area contributed by atoms with Gasteiger partial charge in [-0.3, -0.25) is 14.7 Å². The van der Waals surface area contributed by atoms with Gasteiger partial charge in [0.25, 0.3) is 0 Å². The van der Waals surface area contributed by atoms with Gasteiger partial charge in [-0.1, -0.05) is 30.3 Å². The average Bonchev–Trinajstić information content (AvgIpc) is 2.83. The van der Waals surface area contributed by atoms with Gasteiger partial charge in [0.15, 0.2) is 5.96 Å². The summed E-state index contributed by atoms with van der Waals surface area (Å²) in [4.78, 5) is 24.0. The summed E-state index contributed by atoms with van der Waals surface area (Å²) in [5, 5.41) is 6.22. The molecule has 2 fully saturated rings. The first-order valence-electron chi connectivity index (χ1n) is 12.3. The molecule has 2 saturated heterocycles. The lowest BCUT2D eigenvalue weighted by Gasteiger charge is -2.40. The highest BCUT2D eigenvalue weighted by molar-refractivity contribution is 5.80. The fraction of sp³-hybridized carbons (Fsp3) is 0.680. The van der Waals surface area contributed by atoms with Crippen molar-refractivity contribution in [3.8, 4) is 0 Å². The van der Waals surface area contributed by atoms with Gasteiger partial charge >= 0.3 is 0 Å². The molecule has 178 valence electrons. The zero-order valence-electron chi connectivity index (χ0n) is 20.2. The molecule has 2 heterocycles. The maximum atomic E-state index is 11.7. The van der Waals surface area contributed by atoms with Gasteiger partial charge < -0.3 is 20.4 Å². The summed E-state index contributed by atoms with van der Waals surface area (Å²) in [6, 6.07) is 11.4. The van der Waals surface area contributed by atoms with Gasteiger partial charge in [0.2, 0.25) is 5.91 Å². The van der Waals surface area contributed by atoms with Crippen LogP contribution in [0, 0.1) is 5.92 Å². The van der Waals surface area contributed by atoms with Crippen molar-refractivity contribution in [3.63, 3.8) is 0 Å². The number of piperidine rings is 1. The molecule has 1 atom stereocenters. The summed E-state index contributed by atoms with van der Waals surface area (Å²) in [5.41, 5.74) is 1.41. The molecule has 7 nitrogen and oxygen atoms in total. The van der Waals surface area contributed by atoms with Gasteiger partial charge in [-0.25, -0.2) is 0 Å². The van der Waals surface area contributed by atoms with Crippen LogP contribution in [-0.4, -0.2) is 93.0 Å². The number of nitrogens with zero attached hydrogens (tertiary/aromatic N) is 4. The number of nitrogens with one attached hydrogen (secondary N) is 2. The number of carbonyl (C=O) groups is 1. The Labute approximate surface area is 194 Å². The average molecular weight is 443 g/mol. The highest BCUT2D eigenvalue weighted by atomic mass is 16.1. The molecular weight excluding hydrogens is 400 g/mol. The monoisotopic (exact) mass is 442 g/mol. The van der Waals surface area contributed by atoms with Gasteiger partial charge in [0.05, 0.1) is 0 Å². The smallest absolute Gasteiger partial charge is 0.220 e. The normalized spacial score (nSPS) is 21.5. The van der Waals surface area contributed by atoms with Crippen LogP contribution in [-0.2, 0) is 4.79 Å². The van der Waals surface area contributed by atoms with Crippen molar-refractivity contribution in [3.05, 3.63) is 35.9 Å². The minimum absolute atomic E-state index is 0.154. The molecule has 2 aliphatic heterocycles. The third kappa shape index (κ3) is 7.20. The van der Waals surface area contributed by atoms with Crippen molar-refractivity contribution in [2.24, 2.45) is 10.9 Å². The van der Waals surface area contributed by atoms with Gasteiger partial charge in [-0.15, -0.1) is 0 Å². The lowest BCUT2D eigenvalue weighted by atomic mass is 9.93.